The van der Waals surface area contributed by atoms with Crippen molar-refractivity contribution in [1.82, 2.24) is 15.5 Å². The molecule has 1 aromatic carbocycles. The van der Waals surface area contributed by atoms with Crippen molar-refractivity contribution >= 4 is 29.8 Å². The Kier molecular flexibility index (Phi) is 14.9. The molecule has 0 bridgehead atoms. The van der Waals surface area contributed by atoms with Crippen LogP contribution in [0, 0.1) is 13.8 Å². The van der Waals surface area contributed by atoms with Crippen LogP contribution in [0.1, 0.15) is 95.9 Å². The smallest absolute Gasteiger partial charge is 0.408 e. The summed E-state index contributed by atoms with van der Waals surface area (Å²) in [5.74, 6) is -2.09. The van der Waals surface area contributed by atoms with E-state index in [4.69, 9.17) is 15.2 Å². The van der Waals surface area contributed by atoms with Gasteiger partial charge >= 0.3 is 12.1 Å². The maximum Gasteiger partial charge on any atom is 0.408 e. The molecule has 4 amide bonds. The van der Waals surface area contributed by atoms with Gasteiger partial charge in [-0.1, -0.05) is 43.5 Å². The van der Waals surface area contributed by atoms with Crippen LogP contribution in [0.25, 0.3) is 0 Å². The van der Waals surface area contributed by atoms with Crippen molar-refractivity contribution in [2.24, 2.45) is 5.73 Å². The summed E-state index contributed by atoms with van der Waals surface area (Å²) in [4.78, 5) is 65.6. The van der Waals surface area contributed by atoms with Crippen LogP contribution in [-0.4, -0.2) is 66.0 Å². The molecule has 0 fully saturated rings. The SMILES string of the molecule is CCCCCN(C(=O)C(CCC(N)=O)NC(=O)OC(C)(C)C)C(C(=O)NCCC(=O)OCC)c1cc(C)ccc1C. The molecule has 0 radical (unpaired) electrons. The Balaban J connectivity index is 3.53. The van der Waals surface area contributed by atoms with Crippen molar-refractivity contribution in [2.75, 3.05) is 19.7 Å². The number of aryl methyl sites for hydroxylation is 2. The summed E-state index contributed by atoms with van der Waals surface area (Å²) in [6, 6.07) is 3.42. The quantitative estimate of drug-likeness (QED) is 0.200. The summed E-state index contributed by atoms with van der Waals surface area (Å²) in [6.45, 7) is 13.0. The molecule has 2 unspecified atom stereocenters. The summed E-state index contributed by atoms with van der Waals surface area (Å²) in [5.41, 5.74) is 6.87. The number of carbonyl (C=O) groups is 5. The third-order valence-electron chi connectivity index (χ3n) is 6.18. The summed E-state index contributed by atoms with van der Waals surface area (Å²) in [5, 5.41) is 5.37. The number of primary amides is 1. The van der Waals surface area contributed by atoms with Crippen molar-refractivity contribution in [3.8, 4) is 0 Å². The van der Waals surface area contributed by atoms with Crippen LogP contribution in [0.4, 0.5) is 4.79 Å². The lowest BCUT2D eigenvalue weighted by Crippen LogP contribution is -2.53. The van der Waals surface area contributed by atoms with E-state index in [-0.39, 0.29) is 39.0 Å². The molecule has 41 heavy (non-hydrogen) atoms. The Hall–Kier alpha value is -3.63. The van der Waals surface area contributed by atoms with Gasteiger partial charge < -0.3 is 30.7 Å². The first kappa shape index (κ1) is 35.4. The van der Waals surface area contributed by atoms with Crippen molar-refractivity contribution < 1.29 is 33.4 Å². The molecule has 0 saturated carbocycles. The van der Waals surface area contributed by atoms with Crippen molar-refractivity contribution in [1.29, 1.82) is 0 Å². The van der Waals surface area contributed by atoms with Crippen LogP contribution < -0.4 is 16.4 Å². The summed E-state index contributed by atoms with van der Waals surface area (Å²) >= 11 is 0. The standard InChI is InChI=1S/C30H48N4O7/c1-8-10-11-18-34(28(38)23(14-15-24(31)35)33-29(39)41-30(5,6)7)26(22-19-20(3)12-13-21(22)4)27(37)32-17-16-25(36)40-9-2/h12-13,19,23,26H,8-11,14-18H2,1-7H3,(H2,31,35)(H,32,37)(H,33,39). The fourth-order valence-electron chi connectivity index (χ4n) is 4.22. The van der Waals surface area contributed by atoms with Gasteiger partial charge in [-0.15, -0.1) is 0 Å². The molecule has 0 aliphatic carbocycles. The normalized spacial score (nSPS) is 12.6. The van der Waals surface area contributed by atoms with Gasteiger partial charge in [-0.25, -0.2) is 4.79 Å². The molecule has 1 rings (SSSR count). The lowest BCUT2D eigenvalue weighted by Gasteiger charge is -2.35. The number of hydrogen-bond donors (Lipinski definition) is 3. The summed E-state index contributed by atoms with van der Waals surface area (Å²) < 4.78 is 10.3. The molecule has 2 atom stereocenters. The number of nitrogens with zero attached hydrogens (tertiary/aromatic N) is 1. The minimum atomic E-state index is -1.17. The largest absolute Gasteiger partial charge is 0.466 e. The Morgan fingerprint density at radius 3 is 2.29 bits per heavy atom. The Morgan fingerprint density at radius 2 is 1.71 bits per heavy atom. The van der Waals surface area contributed by atoms with E-state index in [1.54, 1.807) is 27.7 Å². The zero-order valence-electron chi connectivity index (χ0n) is 25.6. The molecular weight excluding hydrogens is 528 g/mol. The van der Waals surface area contributed by atoms with Crippen LogP contribution in [0.2, 0.25) is 0 Å². The lowest BCUT2D eigenvalue weighted by atomic mass is 9.95. The monoisotopic (exact) mass is 576 g/mol. The highest BCUT2D eigenvalue weighted by molar-refractivity contribution is 5.92. The van der Waals surface area contributed by atoms with E-state index < -0.39 is 47.5 Å². The number of ether oxygens (including phenoxy) is 2. The number of rotatable bonds is 16. The predicted octanol–water partition coefficient (Wildman–Crippen LogP) is 3.59. The second-order valence-corrected chi connectivity index (χ2v) is 11.1. The average Bonchev–Trinajstić information content (AvgIpc) is 2.86. The molecule has 11 heteroatoms. The number of nitrogens with two attached hydrogens (primary N) is 1. The highest BCUT2D eigenvalue weighted by Gasteiger charge is 2.37. The van der Waals surface area contributed by atoms with E-state index in [1.807, 2.05) is 39.0 Å². The molecule has 0 saturated heterocycles. The maximum atomic E-state index is 14.2. The van der Waals surface area contributed by atoms with Crippen LogP contribution in [0.15, 0.2) is 18.2 Å². The van der Waals surface area contributed by atoms with Crippen LogP contribution in [0.3, 0.4) is 0 Å². The molecule has 230 valence electrons. The maximum absolute atomic E-state index is 14.2. The van der Waals surface area contributed by atoms with Gasteiger partial charge in [0.15, 0.2) is 0 Å². The van der Waals surface area contributed by atoms with Crippen LogP contribution in [0.5, 0.6) is 0 Å². The van der Waals surface area contributed by atoms with Crippen molar-refractivity contribution in [3.63, 3.8) is 0 Å². The van der Waals surface area contributed by atoms with Crippen LogP contribution >= 0.6 is 0 Å². The molecule has 0 aromatic heterocycles. The number of nitrogens with one attached hydrogen (secondary N) is 2. The van der Waals surface area contributed by atoms with E-state index in [1.165, 1.54) is 4.90 Å². The average molecular weight is 577 g/mol. The molecule has 0 aliphatic rings. The molecule has 0 aliphatic heterocycles. The number of unbranched alkanes of at least 4 members (excludes halogenated alkanes) is 2. The highest BCUT2D eigenvalue weighted by Crippen LogP contribution is 2.28. The van der Waals surface area contributed by atoms with Gasteiger partial charge in [-0.05, 0) is 65.5 Å². The molecule has 0 spiro atoms. The first-order valence-electron chi connectivity index (χ1n) is 14.3. The van der Waals surface area contributed by atoms with E-state index in [9.17, 15) is 24.0 Å². The Labute approximate surface area is 243 Å². The first-order chi connectivity index (χ1) is 19.2. The van der Waals surface area contributed by atoms with Crippen LogP contribution in [-0.2, 0) is 28.7 Å². The van der Waals surface area contributed by atoms with E-state index in [0.29, 0.717) is 12.0 Å². The van der Waals surface area contributed by atoms with Gasteiger partial charge in [0.05, 0.1) is 13.0 Å². The number of esters is 1. The Morgan fingerprint density at radius 1 is 1.02 bits per heavy atom. The zero-order valence-corrected chi connectivity index (χ0v) is 25.6. The van der Waals surface area contributed by atoms with Crippen molar-refractivity contribution in [3.05, 3.63) is 34.9 Å². The molecule has 4 N–H and O–H groups in total. The lowest BCUT2D eigenvalue weighted by molar-refractivity contribution is -0.144. The fourth-order valence-corrected chi connectivity index (χ4v) is 4.22. The number of benzene rings is 1. The van der Waals surface area contributed by atoms with E-state index in [2.05, 4.69) is 10.6 Å². The number of amides is 4. The summed E-state index contributed by atoms with van der Waals surface area (Å²) in [7, 11) is 0. The predicted molar refractivity (Wildman–Crippen MR) is 156 cm³/mol. The van der Waals surface area contributed by atoms with E-state index >= 15 is 0 Å². The third kappa shape index (κ3) is 13.1. The first-order valence-corrected chi connectivity index (χ1v) is 14.3. The zero-order chi connectivity index (χ0) is 31.2. The molecule has 11 nitrogen and oxygen atoms in total. The minimum absolute atomic E-state index is 0.0235. The van der Waals surface area contributed by atoms with Gasteiger partial charge in [0, 0.05) is 19.5 Å². The number of alkyl carbamates (subject to hydrolysis) is 1. The van der Waals surface area contributed by atoms with Gasteiger partial charge in [0.2, 0.25) is 17.7 Å². The topological polar surface area (TPSA) is 157 Å². The van der Waals surface area contributed by atoms with Gasteiger partial charge in [0.1, 0.15) is 17.7 Å². The second-order valence-electron chi connectivity index (χ2n) is 11.1. The summed E-state index contributed by atoms with van der Waals surface area (Å²) in [6.07, 6.45) is 1.22. The highest BCUT2D eigenvalue weighted by atomic mass is 16.6. The molecule has 0 heterocycles. The fraction of sp³-hybridized carbons (Fsp3) is 0.633. The van der Waals surface area contributed by atoms with Crippen molar-refractivity contribution in [2.45, 2.75) is 105 Å². The van der Waals surface area contributed by atoms with Gasteiger partial charge in [-0.3, -0.25) is 19.2 Å². The minimum Gasteiger partial charge on any atom is -0.466 e. The third-order valence-corrected chi connectivity index (χ3v) is 6.18. The van der Waals surface area contributed by atoms with Gasteiger partial charge in [0.25, 0.3) is 0 Å². The molecule has 1 aromatic rings. The second kappa shape index (κ2) is 17.2. The number of hydrogen-bond acceptors (Lipinski definition) is 7. The number of carbonyl (C=O) groups excluding carboxylic acids is 5. The van der Waals surface area contributed by atoms with E-state index in [0.717, 1.165) is 24.0 Å². The van der Waals surface area contributed by atoms with Gasteiger partial charge in [-0.2, -0.15) is 0 Å². The molecular formula is C30H48N4O7. The Bertz CT molecular complexity index is 1050.